The maximum atomic E-state index is 11.1. The van der Waals surface area contributed by atoms with Crippen molar-refractivity contribution < 1.29 is 4.92 Å². The summed E-state index contributed by atoms with van der Waals surface area (Å²) in [6, 6.07) is 8.99. The van der Waals surface area contributed by atoms with Crippen LogP contribution in [-0.2, 0) is 6.42 Å². The molecule has 1 N–H and O–H groups in total. The highest BCUT2D eigenvalue weighted by Gasteiger charge is 2.34. The molecule has 0 amide bonds. The van der Waals surface area contributed by atoms with Crippen LogP contribution in [-0.4, -0.2) is 41.5 Å². The van der Waals surface area contributed by atoms with E-state index >= 15 is 0 Å². The third kappa shape index (κ3) is 2.95. The molecule has 1 fully saturated rings. The first-order valence-corrected chi connectivity index (χ1v) is 6.66. The van der Waals surface area contributed by atoms with Crippen molar-refractivity contribution in [3.05, 3.63) is 39.9 Å². The average molecular weight is 274 g/mol. The van der Waals surface area contributed by atoms with Gasteiger partial charge in [-0.15, -0.1) is 0 Å². The maximum absolute atomic E-state index is 11.1. The SMILES string of the molecule is CC(C#N)(Cc1ccccc1[N+](=O)[O-])N1CCNCC1. The van der Waals surface area contributed by atoms with Gasteiger partial charge >= 0.3 is 0 Å². The Morgan fingerprint density at radius 2 is 2.10 bits per heavy atom. The van der Waals surface area contributed by atoms with Crippen LogP contribution in [0.15, 0.2) is 24.3 Å². The van der Waals surface area contributed by atoms with Gasteiger partial charge in [0.05, 0.1) is 11.0 Å². The Balaban J connectivity index is 2.26. The molecule has 1 aliphatic rings. The summed E-state index contributed by atoms with van der Waals surface area (Å²) >= 11 is 0. The average Bonchev–Trinajstić information content (AvgIpc) is 2.48. The van der Waals surface area contributed by atoms with Crippen LogP contribution in [0.1, 0.15) is 12.5 Å². The zero-order valence-corrected chi connectivity index (χ0v) is 11.5. The van der Waals surface area contributed by atoms with Gasteiger partial charge in [-0.1, -0.05) is 18.2 Å². The lowest BCUT2D eigenvalue weighted by molar-refractivity contribution is -0.385. The number of hydrogen-bond donors (Lipinski definition) is 1. The monoisotopic (exact) mass is 274 g/mol. The zero-order chi connectivity index (χ0) is 14.6. The predicted octanol–water partition coefficient (Wildman–Crippen LogP) is 1.32. The number of nitro benzene ring substituents is 1. The van der Waals surface area contributed by atoms with Crippen LogP contribution in [0.25, 0.3) is 0 Å². The highest BCUT2D eigenvalue weighted by molar-refractivity contribution is 5.41. The minimum absolute atomic E-state index is 0.0871. The molecule has 20 heavy (non-hydrogen) atoms. The van der Waals surface area contributed by atoms with E-state index in [2.05, 4.69) is 16.3 Å². The van der Waals surface area contributed by atoms with Gasteiger partial charge in [-0.2, -0.15) is 5.26 Å². The highest BCUT2D eigenvalue weighted by Crippen LogP contribution is 2.26. The van der Waals surface area contributed by atoms with Crippen LogP contribution in [0.5, 0.6) is 0 Å². The van der Waals surface area contributed by atoms with E-state index in [9.17, 15) is 15.4 Å². The number of rotatable bonds is 4. The topological polar surface area (TPSA) is 82.2 Å². The van der Waals surface area contributed by atoms with Crippen molar-refractivity contribution in [1.82, 2.24) is 10.2 Å². The first-order chi connectivity index (χ1) is 9.57. The molecule has 2 rings (SSSR count). The molecule has 1 unspecified atom stereocenters. The van der Waals surface area contributed by atoms with E-state index in [1.807, 2.05) is 6.92 Å². The lowest BCUT2D eigenvalue weighted by atomic mass is 9.91. The normalized spacial score (nSPS) is 19.0. The molecule has 106 valence electrons. The molecule has 0 spiro atoms. The Morgan fingerprint density at radius 3 is 2.70 bits per heavy atom. The second-order valence-corrected chi connectivity index (χ2v) is 5.19. The molecular weight excluding hydrogens is 256 g/mol. The summed E-state index contributed by atoms with van der Waals surface area (Å²) in [5.74, 6) is 0. The molecule has 0 aromatic heterocycles. The fraction of sp³-hybridized carbons (Fsp3) is 0.500. The number of nitrogens with zero attached hydrogens (tertiary/aromatic N) is 3. The van der Waals surface area contributed by atoms with E-state index in [4.69, 9.17) is 0 Å². The van der Waals surface area contributed by atoms with Crippen LogP contribution in [0, 0.1) is 21.4 Å². The van der Waals surface area contributed by atoms with Crippen molar-refractivity contribution in [2.45, 2.75) is 18.9 Å². The molecule has 1 saturated heterocycles. The van der Waals surface area contributed by atoms with Gasteiger partial charge in [-0.05, 0) is 6.92 Å². The molecule has 6 nitrogen and oxygen atoms in total. The molecule has 1 aliphatic heterocycles. The Hall–Kier alpha value is -1.97. The maximum Gasteiger partial charge on any atom is 0.272 e. The summed E-state index contributed by atoms with van der Waals surface area (Å²) in [4.78, 5) is 12.8. The molecule has 1 aromatic carbocycles. The summed E-state index contributed by atoms with van der Waals surface area (Å²) in [6.07, 6.45) is 0.362. The van der Waals surface area contributed by atoms with E-state index in [1.54, 1.807) is 18.2 Å². The van der Waals surface area contributed by atoms with Gasteiger partial charge < -0.3 is 5.32 Å². The van der Waals surface area contributed by atoms with Crippen LogP contribution in [0.3, 0.4) is 0 Å². The van der Waals surface area contributed by atoms with Gasteiger partial charge in [-0.3, -0.25) is 15.0 Å². The van der Waals surface area contributed by atoms with E-state index in [0.717, 1.165) is 26.2 Å². The molecule has 0 radical (unpaired) electrons. The van der Waals surface area contributed by atoms with E-state index in [-0.39, 0.29) is 10.6 Å². The van der Waals surface area contributed by atoms with Crippen molar-refractivity contribution in [2.24, 2.45) is 0 Å². The van der Waals surface area contributed by atoms with Crippen molar-refractivity contribution in [2.75, 3.05) is 26.2 Å². The third-order valence-electron chi connectivity index (χ3n) is 3.78. The first-order valence-electron chi connectivity index (χ1n) is 6.66. The van der Waals surface area contributed by atoms with Gasteiger partial charge in [0.2, 0.25) is 0 Å². The van der Waals surface area contributed by atoms with E-state index < -0.39 is 5.54 Å². The van der Waals surface area contributed by atoms with Gasteiger partial charge in [0.25, 0.3) is 5.69 Å². The molecular formula is C14H18N4O2. The van der Waals surface area contributed by atoms with Crippen LogP contribution >= 0.6 is 0 Å². The largest absolute Gasteiger partial charge is 0.314 e. The van der Waals surface area contributed by atoms with Gasteiger partial charge in [-0.25, -0.2) is 0 Å². The smallest absolute Gasteiger partial charge is 0.272 e. The van der Waals surface area contributed by atoms with Crippen molar-refractivity contribution in [1.29, 1.82) is 5.26 Å². The zero-order valence-electron chi connectivity index (χ0n) is 11.5. The number of para-hydroxylation sites is 1. The summed E-state index contributed by atoms with van der Waals surface area (Å²) in [5.41, 5.74) is -0.0157. The van der Waals surface area contributed by atoms with Crippen molar-refractivity contribution >= 4 is 5.69 Å². The van der Waals surface area contributed by atoms with Gasteiger partial charge in [0, 0.05) is 44.2 Å². The minimum atomic E-state index is -0.714. The fourth-order valence-corrected chi connectivity index (χ4v) is 2.59. The fourth-order valence-electron chi connectivity index (χ4n) is 2.59. The number of piperazine rings is 1. The van der Waals surface area contributed by atoms with Gasteiger partial charge in [0.15, 0.2) is 0 Å². The number of nitriles is 1. The molecule has 0 saturated carbocycles. The number of hydrogen-bond acceptors (Lipinski definition) is 5. The first kappa shape index (κ1) is 14.4. The molecule has 1 heterocycles. The predicted molar refractivity (Wildman–Crippen MR) is 75.3 cm³/mol. The minimum Gasteiger partial charge on any atom is -0.314 e. The Labute approximate surface area is 118 Å². The van der Waals surface area contributed by atoms with Crippen molar-refractivity contribution in [3.8, 4) is 6.07 Å². The Morgan fingerprint density at radius 1 is 1.45 bits per heavy atom. The van der Waals surface area contributed by atoms with Gasteiger partial charge in [0.1, 0.15) is 5.54 Å². The Bertz CT molecular complexity index is 534. The van der Waals surface area contributed by atoms with E-state index in [1.165, 1.54) is 6.07 Å². The van der Waals surface area contributed by atoms with Crippen molar-refractivity contribution in [3.63, 3.8) is 0 Å². The molecule has 0 bridgehead atoms. The summed E-state index contributed by atoms with van der Waals surface area (Å²) < 4.78 is 0. The van der Waals surface area contributed by atoms with Crippen LogP contribution in [0.4, 0.5) is 5.69 Å². The summed E-state index contributed by atoms with van der Waals surface area (Å²) in [5, 5.41) is 23.9. The molecule has 0 aliphatic carbocycles. The standard InChI is InChI=1S/C14H18N4O2/c1-14(11-15,17-8-6-16-7-9-17)10-12-4-2-3-5-13(12)18(19)20/h2-5,16H,6-10H2,1H3. The molecule has 1 atom stereocenters. The number of benzene rings is 1. The summed E-state index contributed by atoms with van der Waals surface area (Å²) in [7, 11) is 0. The Kier molecular flexibility index (Phi) is 4.32. The second-order valence-electron chi connectivity index (χ2n) is 5.19. The highest BCUT2D eigenvalue weighted by atomic mass is 16.6. The number of nitrogens with one attached hydrogen (secondary N) is 1. The van der Waals surface area contributed by atoms with Crippen LogP contribution in [0.2, 0.25) is 0 Å². The molecule has 6 heteroatoms. The lowest BCUT2D eigenvalue weighted by Crippen LogP contribution is -2.55. The lowest BCUT2D eigenvalue weighted by Gasteiger charge is -2.38. The third-order valence-corrected chi connectivity index (χ3v) is 3.78. The second kappa shape index (κ2) is 5.99. The quantitative estimate of drug-likeness (QED) is 0.661. The summed E-state index contributed by atoms with van der Waals surface area (Å²) in [6.45, 7) is 5.10. The van der Waals surface area contributed by atoms with Crippen LogP contribution < -0.4 is 5.32 Å². The van der Waals surface area contributed by atoms with E-state index in [0.29, 0.717) is 12.0 Å². The number of nitro groups is 1. The molecule has 1 aromatic rings.